The van der Waals surface area contributed by atoms with Crippen LogP contribution in [0.25, 0.3) is 10.9 Å². The van der Waals surface area contributed by atoms with Crippen molar-refractivity contribution in [3.8, 4) is 5.88 Å². The van der Waals surface area contributed by atoms with E-state index in [1.54, 1.807) is 0 Å². The van der Waals surface area contributed by atoms with Crippen LogP contribution in [0.15, 0.2) is 30.3 Å². The highest BCUT2D eigenvalue weighted by Crippen LogP contribution is 2.21. The van der Waals surface area contributed by atoms with Gasteiger partial charge in [-0.1, -0.05) is 18.2 Å². The first-order valence-corrected chi connectivity index (χ1v) is 4.87. The van der Waals surface area contributed by atoms with Crippen LogP contribution >= 0.6 is 0 Å². The molecule has 1 saturated heterocycles. The Bertz CT molecular complexity index is 412. The number of para-hydroxylation sites is 1. The first-order chi connectivity index (χ1) is 6.92. The van der Waals surface area contributed by atoms with Crippen molar-refractivity contribution in [3.05, 3.63) is 30.3 Å². The van der Waals surface area contributed by atoms with Crippen LogP contribution in [0, 0.1) is 0 Å². The summed E-state index contributed by atoms with van der Waals surface area (Å²) in [5.41, 5.74) is 1.13. The second kappa shape index (κ2) is 3.03. The molecule has 0 spiro atoms. The van der Waals surface area contributed by atoms with Gasteiger partial charge in [0.2, 0.25) is 0 Å². The van der Waals surface area contributed by atoms with Crippen molar-refractivity contribution in [1.29, 1.82) is 0 Å². The van der Waals surface area contributed by atoms with Gasteiger partial charge < -0.3 is 15.0 Å². The minimum absolute atomic E-state index is 0.336. The van der Waals surface area contributed by atoms with E-state index >= 15 is 0 Å². The van der Waals surface area contributed by atoms with Crippen LogP contribution in [0.4, 0.5) is 0 Å². The number of rotatable bonds is 2. The maximum absolute atomic E-state index is 5.72. The Labute approximate surface area is 82.1 Å². The summed E-state index contributed by atoms with van der Waals surface area (Å²) in [6, 6.07) is 10.2. The Morgan fingerprint density at radius 2 is 2.07 bits per heavy atom. The fourth-order valence-corrected chi connectivity index (χ4v) is 1.64. The molecule has 1 fully saturated rings. The maximum Gasteiger partial charge on any atom is 0.192 e. The van der Waals surface area contributed by atoms with Crippen LogP contribution in [0.1, 0.15) is 0 Å². The van der Waals surface area contributed by atoms with Gasteiger partial charge in [-0.05, 0) is 6.07 Å². The minimum atomic E-state index is 0.336. The van der Waals surface area contributed by atoms with Gasteiger partial charge in [-0.3, -0.25) is 0 Å². The van der Waals surface area contributed by atoms with E-state index < -0.39 is 0 Å². The van der Waals surface area contributed by atoms with Crippen molar-refractivity contribution in [2.24, 2.45) is 0 Å². The van der Waals surface area contributed by atoms with Crippen LogP contribution < -0.4 is 10.1 Å². The molecular weight excluding hydrogens is 176 g/mol. The topological polar surface area (TPSA) is 37.0 Å². The molecule has 72 valence electrons. The van der Waals surface area contributed by atoms with Crippen LogP contribution in [-0.2, 0) is 0 Å². The molecule has 1 aliphatic rings. The van der Waals surface area contributed by atoms with Gasteiger partial charge in [-0.15, -0.1) is 0 Å². The third-order valence-electron chi connectivity index (χ3n) is 2.54. The quantitative estimate of drug-likeness (QED) is 0.749. The van der Waals surface area contributed by atoms with E-state index in [-0.39, 0.29) is 0 Å². The van der Waals surface area contributed by atoms with E-state index in [0.29, 0.717) is 6.10 Å². The SMILES string of the molecule is c1ccc2[nH]c(OC3CNC3)cc2c1. The highest BCUT2D eigenvalue weighted by atomic mass is 16.5. The number of aromatic nitrogens is 1. The number of hydrogen-bond donors (Lipinski definition) is 2. The zero-order chi connectivity index (χ0) is 9.38. The van der Waals surface area contributed by atoms with Gasteiger partial charge in [0.05, 0.1) is 0 Å². The smallest absolute Gasteiger partial charge is 0.192 e. The number of benzene rings is 1. The molecule has 0 aliphatic carbocycles. The van der Waals surface area contributed by atoms with Crippen molar-refractivity contribution < 1.29 is 4.74 Å². The van der Waals surface area contributed by atoms with Gasteiger partial charge in [0.25, 0.3) is 0 Å². The zero-order valence-electron chi connectivity index (χ0n) is 7.79. The van der Waals surface area contributed by atoms with E-state index in [0.717, 1.165) is 24.5 Å². The largest absolute Gasteiger partial charge is 0.473 e. The number of hydrogen-bond acceptors (Lipinski definition) is 2. The van der Waals surface area contributed by atoms with E-state index in [1.165, 1.54) is 5.39 Å². The van der Waals surface area contributed by atoms with Crippen molar-refractivity contribution in [2.45, 2.75) is 6.10 Å². The Balaban J connectivity index is 1.89. The normalized spacial score (nSPS) is 16.9. The number of ether oxygens (including phenoxy) is 1. The van der Waals surface area contributed by atoms with Gasteiger partial charge in [-0.25, -0.2) is 0 Å². The number of nitrogens with one attached hydrogen (secondary N) is 2. The second-order valence-corrected chi connectivity index (χ2v) is 3.62. The monoisotopic (exact) mass is 188 g/mol. The lowest BCUT2D eigenvalue weighted by Gasteiger charge is -2.26. The van der Waals surface area contributed by atoms with E-state index in [1.807, 2.05) is 18.2 Å². The van der Waals surface area contributed by atoms with Crippen molar-refractivity contribution >= 4 is 10.9 Å². The van der Waals surface area contributed by atoms with Gasteiger partial charge in [0, 0.05) is 30.1 Å². The molecule has 0 unspecified atom stereocenters. The molecule has 1 aromatic heterocycles. The fourth-order valence-electron chi connectivity index (χ4n) is 1.64. The molecule has 2 heterocycles. The molecule has 1 aliphatic heterocycles. The first-order valence-electron chi connectivity index (χ1n) is 4.87. The third kappa shape index (κ3) is 1.26. The minimum Gasteiger partial charge on any atom is -0.473 e. The Morgan fingerprint density at radius 3 is 2.79 bits per heavy atom. The Morgan fingerprint density at radius 1 is 1.21 bits per heavy atom. The van der Waals surface area contributed by atoms with Crippen LogP contribution in [0.5, 0.6) is 5.88 Å². The summed E-state index contributed by atoms with van der Waals surface area (Å²) in [7, 11) is 0. The lowest BCUT2D eigenvalue weighted by Crippen LogP contribution is -2.50. The standard InChI is InChI=1S/C11H12N2O/c1-2-4-10-8(3-1)5-11(13-10)14-9-6-12-7-9/h1-5,9,12-13H,6-7H2. The molecule has 0 amide bonds. The summed E-state index contributed by atoms with van der Waals surface area (Å²) in [5.74, 6) is 0.873. The number of H-pyrrole nitrogens is 1. The number of aromatic amines is 1. The average molecular weight is 188 g/mol. The van der Waals surface area contributed by atoms with Gasteiger partial charge in [0.1, 0.15) is 6.10 Å². The van der Waals surface area contributed by atoms with Crippen molar-refractivity contribution in [3.63, 3.8) is 0 Å². The highest BCUT2D eigenvalue weighted by molar-refractivity contribution is 5.81. The van der Waals surface area contributed by atoms with E-state index in [2.05, 4.69) is 22.4 Å². The molecule has 0 atom stereocenters. The Hall–Kier alpha value is -1.48. The Kier molecular flexibility index (Phi) is 1.70. The fraction of sp³-hybridized carbons (Fsp3) is 0.273. The van der Waals surface area contributed by atoms with Gasteiger partial charge in [0.15, 0.2) is 5.88 Å². The molecule has 0 bridgehead atoms. The molecule has 1 aromatic carbocycles. The van der Waals surface area contributed by atoms with Gasteiger partial charge in [-0.2, -0.15) is 0 Å². The molecule has 3 heteroatoms. The van der Waals surface area contributed by atoms with E-state index in [9.17, 15) is 0 Å². The molecule has 2 aromatic rings. The lowest BCUT2D eigenvalue weighted by atomic mass is 10.2. The predicted molar refractivity (Wildman–Crippen MR) is 55.6 cm³/mol. The number of fused-ring (bicyclic) bond motifs is 1. The molecule has 2 N–H and O–H groups in total. The summed E-state index contributed by atoms with van der Waals surface area (Å²) < 4.78 is 5.72. The van der Waals surface area contributed by atoms with Crippen LogP contribution in [-0.4, -0.2) is 24.2 Å². The summed E-state index contributed by atoms with van der Waals surface area (Å²) in [4.78, 5) is 3.24. The summed E-state index contributed by atoms with van der Waals surface area (Å²) in [5, 5.41) is 4.38. The molecule has 0 saturated carbocycles. The van der Waals surface area contributed by atoms with Crippen LogP contribution in [0.3, 0.4) is 0 Å². The summed E-state index contributed by atoms with van der Waals surface area (Å²) in [6.45, 7) is 1.91. The average Bonchev–Trinajstić information content (AvgIpc) is 2.53. The first kappa shape index (κ1) is 7.88. The molecule has 3 nitrogen and oxygen atoms in total. The summed E-state index contributed by atoms with van der Waals surface area (Å²) in [6.07, 6.45) is 0.336. The molecule has 0 radical (unpaired) electrons. The molecule has 14 heavy (non-hydrogen) atoms. The summed E-state index contributed by atoms with van der Waals surface area (Å²) >= 11 is 0. The molecular formula is C11H12N2O. The van der Waals surface area contributed by atoms with Crippen LogP contribution in [0.2, 0.25) is 0 Å². The van der Waals surface area contributed by atoms with Crippen molar-refractivity contribution in [1.82, 2.24) is 10.3 Å². The second-order valence-electron chi connectivity index (χ2n) is 3.62. The lowest BCUT2D eigenvalue weighted by molar-refractivity contribution is 0.137. The predicted octanol–water partition coefficient (Wildman–Crippen LogP) is 1.52. The van der Waals surface area contributed by atoms with E-state index in [4.69, 9.17) is 4.74 Å². The van der Waals surface area contributed by atoms with Crippen molar-refractivity contribution in [2.75, 3.05) is 13.1 Å². The third-order valence-corrected chi connectivity index (χ3v) is 2.54. The highest BCUT2D eigenvalue weighted by Gasteiger charge is 2.18. The van der Waals surface area contributed by atoms with Gasteiger partial charge >= 0.3 is 0 Å². The maximum atomic E-state index is 5.72. The molecule has 3 rings (SSSR count). The zero-order valence-corrected chi connectivity index (χ0v) is 7.79.